The van der Waals surface area contributed by atoms with Gasteiger partial charge in [0, 0.05) is 19.5 Å². The number of rotatable bonds is 4. The summed E-state index contributed by atoms with van der Waals surface area (Å²) in [5.74, 6) is -8.09. The van der Waals surface area contributed by atoms with Crippen LogP contribution in [0.15, 0.2) is 0 Å². The van der Waals surface area contributed by atoms with E-state index < -0.39 is 42.7 Å². The zero-order valence-electron chi connectivity index (χ0n) is 13.3. The van der Waals surface area contributed by atoms with Gasteiger partial charge in [-0.05, 0) is 13.0 Å². The minimum Gasteiger partial charge on any atom is -0.380 e. The minimum atomic E-state index is -5.62. The second-order valence-corrected chi connectivity index (χ2v) is 4.06. The van der Waals surface area contributed by atoms with Gasteiger partial charge in [-0.2, -0.15) is 39.5 Å². The fraction of sp³-hybridized carbons (Fsp3) is 0.750. The van der Waals surface area contributed by atoms with Crippen molar-refractivity contribution in [3.8, 4) is 0 Å². The molecule has 0 spiro atoms. The van der Waals surface area contributed by atoms with Crippen LogP contribution in [0.2, 0.25) is 0 Å². The molecule has 6 N–H and O–H groups in total. The normalized spacial score (nSPS) is 11.0. The third kappa shape index (κ3) is 20.4. The van der Waals surface area contributed by atoms with E-state index in [9.17, 15) is 53.9 Å². The Bertz CT molecular complexity index is 437. The van der Waals surface area contributed by atoms with Crippen molar-refractivity contribution in [3.63, 3.8) is 0 Å². The van der Waals surface area contributed by atoms with Crippen LogP contribution in [0.4, 0.5) is 39.5 Å². The lowest BCUT2D eigenvalue weighted by atomic mass is 10.2. The van der Waals surface area contributed by atoms with Gasteiger partial charge in [0.25, 0.3) is 0 Å². The van der Waals surface area contributed by atoms with Gasteiger partial charge in [0.05, 0.1) is 0 Å². The first kappa shape index (κ1) is 33.6. The molecule has 28 heavy (non-hydrogen) atoms. The van der Waals surface area contributed by atoms with E-state index in [1.165, 1.54) is 0 Å². The molecule has 0 saturated carbocycles. The number of nitrogens with two attached hydrogens (primary N) is 3. The standard InChI is InChI=1S/C5H8F3NO.C4F6O3.C2H8N2.CH4/c6-5(7,8)4(10)2-1-3-9;5-3(6,7)1(11)13-2(12)4(8,9)10;3-1-2-4;/h1-3,9H2;;1-4H2;1H4. The molecule has 0 aromatic carbocycles. The van der Waals surface area contributed by atoms with Gasteiger partial charge in [-0.3, -0.25) is 4.79 Å². The predicted octanol–water partition coefficient (Wildman–Crippen LogP) is 1.58. The summed E-state index contributed by atoms with van der Waals surface area (Å²) in [5, 5.41) is 0. The van der Waals surface area contributed by atoms with Crippen LogP contribution in [-0.2, 0) is 19.1 Å². The fourth-order valence-corrected chi connectivity index (χ4v) is 0.604. The van der Waals surface area contributed by atoms with Crippen LogP contribution in [0.1, 0.15) is 20.3 Å². The van der Waals surface area contributed by atoms with Crippen LogP contribution < -0.4 is 17.2 Å². The van der Waals surface area contributed by atoms with Crippen molar-refractivity contribution < 1.29 is 58.6 Å². The highest BCUT2D eigenvalue weighted by molar-refractivity contribution is 5.90. The molecular weight excluding hydrogens is 421 g/mol. The van der Waals surface area contributed by atoms with Crippen LogP contribution in [0.5, 0.6) is 0 Å². The SMILES string of the molecule is C.NCCCC(=O)C(F)(F)F.NCCN.O=C(OC(=O)C(F)(F)F)C(F)(F)F. The first-order valence-electron chi connectivity index (χ1n) is 6.55. The maximum absolute atomic E-state index is 11.4. The summed E-state index contributed by atoms with van der Waals surface area (Å²) in [7, 11) is 0. The lowest BCUT2D eigenvalue weighted by Crippen LogP contribution is -2.34. The third-order valence-corrected chi connectivity index (χ3v) is 1.74. The van der Waals surface area contributed by atoms with E-state index >= 15 is 0 Å². The van der Waals surface area contributed by atoms with E-state index in [1.54, 1.807) is 0 Å². The van der Waals surface area contributed by atoms with Crippen molar-refractivity contribution in [1.29, 1.82) is 0 Å². The summed E-state index contributed by atoms with van der Waals surface area (Å²) in [6.07, 6.45) is -16.3. The van der Waals surface area contributed by atoms with Crippen molar-refractivity contribution >= 4 is 17.7 Å². The summed E-state index contributed by atoms with van der Waals surface area (Å²) in [6, 6.07) is 0. The molecule has 0 saturated heterocycles. The fourth-order valence-electron chi connectivity index (χ4n) is 0.604. The molecule has 0 amide bonds. The number of hydrogen-bond acceptors (Lipinski definition) is 7. The van der Waals surface area contributed by atoms with Gasteiger partial charge in [-0.1, -0.05) is 7.43 Å². The number of carbonyl (C=O) groups excluding carboxylic acids is 3. The molecule has 7 nitrogen and oxygen atoms in total. The summed E-state index contributed by atoms with van der Waals surface area (Å²) >= 11 is 0. The van der Waals surface area contributed by atoms with Crippen LogP contribution in [0.3, 0.4) is 0 Å². The predicted molar refractivity (Wildman–Crippen MR) is 77.4 cm³/mol. The number of halogens is 9. The summed E-state index contributed by atoms with van der Waals surface area (Å²) < 4.78 is 104. The van der Waals surface area contributed by atoms with Crippen LogP contribution >= 0.6 is 0 Å². The number of hydrogen-bond donors (Lipinski definition) is 3. The number of ketones is 1. The topological polar surface area (TPSA) is 138 Å². The smallest absolute Gasteiger partial charge is 0.380 e. The van der Waals surface area contributed by atoms with E-state index in [2.05, 4.69) is 4.74 Å². The third-order valence-electron chi connectivity index (χ3n) is 1.74. The molecule has 0 unspecified atom stereocenters. The van der Waals surface area contributed by atoms with Gasteiger partial charge < -0.3 is 21.9 Å². The zero-order valence-corrected chi connectivity index (χ0v) is 13.3. The molecule has 0 fully saturated rings. The number of ether oxygens (including phenoxy) is 1. The van der Waals surface area contributed by atoms with Gasteiger partial charge in [0.2, 0.25) is 5.78 Å². The van der Waals surface area contributed by atoms with Gasteiger partial charge in [-0.25, -0.2) is 9.59 Å². The number of Topliss-reactive ketones (excluding diaryl/α,β-unsaturated/α-hetero) is 1. The molecule has 0 rings (SSSR count). The molecule has 16 heteroatoms. The van der Waals surface area contributed by atoms with Gasteiger partial charge >= 0.3 is 30.5 Å². The largest absolute Gasteiger partial charge is 0.491 e. The van der Waals surface area contributed by atoms with Crippen LogP contribution in [0, 0.1) is 0 Å². The van der Waals surface area contributed by atoms with Crippen molar-refractivity contribution in [3.05, 3.63) is 0 Å². The molecule has 0 bridgehead atoms. The highest BCUT2D eigenvalue weighted by atomic mass is 19.4. The number of alkyl halides is 9. The molecule has 0 aliphatic rings. The van der Waals surface area contributed by atoms with Gasteiger partial charge in [0.1, 0.15) is 0 Å². The Labute approximate surface area is 153 Å². The average Bonchev–Trinajstić information content (AvgIpc) is 2.50. The van der Waals surface area contributed by atoms with Gasteiger partial charge in [0.15, 0.2) is 0 Å². The van der Waals surface area contributed by atoms with Gasteiger partial charge in [-0.15, -0.1) is 0 Å². The molecule has 0 heterocycles. The Morgan fingerprint density at radius 1 is 0.643 bits per heavy atom. The second kappa shape index (κ2) is 15.0. The van der Waals surface area contributed by atoms with Crippen molar-refractivity contribution in [2.75, 3.05) is 19.6 Å². The average molecular weight is 441 g/mol. The Morgan fingerprint density at radius 3 is 1.14 bits per heavy atom. The van der Waals surface area contributed by atoms with E-state index in [0.29, 0.717) is 13.1 Å². The van der Waals surface area contributed by atoms with E-state index in [4.69, 9.17) is 17.2 Å². The lowest BCUT2D eigenvalue weighted by molar-refractivity contribution is -0.221. The molecule has 0 atom stereocenters. The Kier molecular flexibility index (Phi) is 18.1. The monoisotopic (exact) mass is 441 g/mol. The first-order valence-corrected chi connectivity index (χ1v) is 6.55. The van der Waals surface area contributed by atoms with Crippen molar-refractivity contribution in [1.82, 2.24) is 0 Å². The van der Waals surface area contributed by atoms with Crippen LogP contribution in [-0.4, -0.2) is 55.9 Å². The molecule has 0 radical (unpaired) electrons. The number of esters is 2. The minimum absolute atomic E-state index is 0. The molecular formula is C12H20F9N3O4. The van der Waals surface area contributed by atoms with E-state index in [0.717, 1.165) is 0 Å². The first-order chi connectivity index (χ1) is 11.9. The Balaban J connectivity index is -0.000000171. The molecule has 0 aromatic heterocycles. The molecule has 0 aliphatic carbocycles. The summed E-state index contributed by atoms with van der Waals surface area (Å²) in [5.41, 5.74) is 14.7. The van der Waals surface area contributed by atoms with Crippen molar-refractivity contribution in [2.45, 2.75) is 38.8 Å². The highest BCUT2D eigenvalue weighted by Crippen LogP contribution is 2.21. The lowest BCUT2D eigenvalue weighted by Gasteiger charge is -2.06. The Morgan fingerprint density at radius 2 is 0.964 bits per heavy atom. The van der Waals surface area contributed by atoms with E-state index in [-0.39, 0.29) is 20.4 Å². The van der Waals surface area contributed by atoms with Crippen LogP contribution in [0.25, 0.3) is 0 Å². The molecule has 170 valence electrons. The van der Waals surface area contributed by atoms with E-state index in [1.807, 2.05) is 0 Å². The molecule has 0 aromatic rings. The number of carbonyl (C=O) groups is 3. The quantitative estimate of drug-likeness (QED) is 0.342. The highest BCUT2D eigenvalue weighted by Gasteiger charge is 2.49. The second-order valence-electron chi connectivity index (χ2n) is 4.06. The van der Waals surface area contributed by atoms with Crippen molar-refractivity contribution in [2.24, 2.45) is 17.2 Å². The molecule has 0 aliphatic heterocycles. The Hall–Kier alpha value is -1.94. The maximum Gasteiger partial charge on any atom is 0.491 e. The maximum atomic E-state index is 11.4. The summed E-state index contributed by atoms with van der Waals surface area (Å²) in [6.45, 7) is 1.31. The zero-order chi connectivity index (χ0) is 22.5. The summed E-state index contributed by atoms with van der Waals surface area (Å²) in [4.78, 5) is 29.4.